The van der Waals surface area contributed by atoms with E-state index >= 15 is 0 Å². The van der Waals surface area contributed by atoms with Gasteiger partial charge in [-0.2, -0.15) is 0 Å². The van der Waals surface area contributed by atoms with E-state index in [0.717, 1.165) is 5.56 Å². The van der Waals surface area contributed by atoms with E-state index in [1.165, 1.54) is 24.3 Å². The summed E-state index contributed by atoms with van der Waals surface area (Å²) >= 11 is 6.23. The van der Waals surface area contributed by atoms with Gasteiger partial charge < -0.3 is 14.2 Å². The fourth-order valence-electron chi connectivity index (χ4n) is 2.04. The van der Waals surface area contributed by atoms with Crippen molar-refractivity contribution in [1.82, 2.24) is 0 Å². The molecule has 2 aromatic rings. The number of ether oxygens (including phenoxy) is 3. The Hall–Kier alpha value is -2.27. The Morgan fingerprint density at radius 3 is 2.42 bits per heavy atom. The van der Waals surface area contributed by atoms with Crippen LogP contribution in [0, 0.1) is 5.82 Å². The van der Waals surface area contributed by atoms with E-state index in [0.29, 0.717) is 23.7 Å². The van der Waals surface area contributed by atoms with E-state index in [-0.39, 0.29) is 24.1 Å². The second-order valence-electron chi connectivity index (χ2n) is 4.85. The largest absolute Gasteiger partial charge is 0.490 e. The topological polar surface area (TPSA) is 44.8 Å². The van der Waals surface area contributed by atoms with Crippen molar-refractivity contribution < 1.29 is 23.4 Å². The van der Waals surface area contributed by atoms with Gasteiger partial charge in [-0.25, -0.2) is 9.18 Å². The smallest absolute Gasteiger partial charge is 0.338 e. The predicted molar refractivity (Wildman–Crippen MR) is 89.3 cm³/mol. The summed E-state index contributed by atoms with van der Waals surface area (Å²) in [7, 11) is 0. The molecular formula is C18H18ClFO4. The quantitative estimate of drug-likeness (QED) is 0.681. The maximum absolute atomic E-state index is 12.9. The van der Waals surface area contributed by atoms with E-state index < -0.39 is 5.97 Å². The SMILES string of the molecule is CCOC(=O)c1cc(Cl)c(OCc2ccc(F)cc2)c(OCC)c1. The van der Waals surface area contributed by atoms with Crippen LogP contribution in [0.25, 0.3) is 0 Å². The van der Waals surface area contributed by atoms with Gasteiger partial charge in [0, 0.05) is 0 Å². The Morgan fingerprint density at radius 1 is 1.08 bits per heavy atom. The number of rotatable bonds is 7. The highest BCUT2D eigenvalue weighted by Gasteiger charge is 2.17. The fourth-order valence-corrected chi connectivity index (χ4v) is 2.30. The van der Waals surface area contributed by atoms with Crippen molar-refractivity contribution in [2.45, 2.75) is 20.5 Å². The van der Waals surface area contributed by atoms with E-state index in [2.05, 4.69) is 0 Å². The van der Waals surface area contributed by atoms with Crippen molar-refractivity contribution in [3.8, 4) is 11.5 Å². The summed E-state index contributed by atoms with van der Waals surface area (Å²) in [5.41, 5.74) is 1.07. The van der Waals surface area contributed by atoms with E-state index in [4.69, 9.17) is 25.8 Å². The van der Waals surface area contributed by atoms with Gasteiger partial charge in [0.1, 0.15) is 12.4 Å². The summed E-state index contributed by atoms with van der Waals surface area (Å²) in [4.78, 5) is 11.9. The highest BCUT2D eigenvalue weighted by molar-refractivity contribution is 6.32. The van der Waals surface area contributed by atoms with Gasteiger partial charge in [-0.15, -0.1) is 0 Å². The molecule has 0 bridgehead atoms. The number of hydrogen-bond donors (Lipinski definition) is 0. The lowest BCUT2D eigenvalue weighted by molar-refractivity contribution is 0.0525. The summed E-state index contributed by atoms with van der Waals surface area (Å²) in [6.45, 7) is 4.38. The molecule has 0 aliphatic carbocycles. The van der Waals surface area contributed by atoms with Crippen LogP contribution < -0.4 is 9.47 Å². The van der Waals surface area contributed by atoms with Crippen molar-refractivity contribution in [1.29, 1.82) is 0 Å². The summed E-state index contributed by atoms with van der Waals surface area (Å²) in [6.07, 6.45) is 0. The third-order valence-electron chi connectivity index (χ3n) is 3.12. The van der Waals surface area contributed by atoms with Crippen LogP contribution in [0.4, 0.5) is 4.39 Å². The minimum atomic E-state index is -0.481. The maximum atomic E-state index is 12.9. The molecule has 0 N–H and O–H groups in total. The molecule has 0 aliphatic rings. The average molecular weight is 353 g/mol. The molecule has 2 rings (SSSR count). The number of halogens is 2. The summed E-state index contributed by atoms with van der Waals surface area (Å²) < 4.78 is 29.1. The summed E-state index contributed by atoms with van der Waals surface area (Å²) in [5.74, 6) is -0.109. The minimum Gasteiger partial charge on any atom is -0.490 e. The fraction of sp³-hybridized carbons (Fsp3) is 0.278. The van der Waals surface area contributed by atoms with Crippen molar-refractivity contribution in [3.05, 3.63) is 58.4 Å². The van der Waals surface area contributed by atoms with Gasteiger partial charge in [0.25, 0.3) is 0 Å². The zero-order valence-corrected chi connectivity index (χ0v) is 14.2. The molecule has 0 fully saturated rings. The Morgan fingerprint density at radius 2 is 1.79 bits per heavy atom. The number of carbonyl (C=O) groups excluding carboxylic acids is 1. The zero-order valence-electron chi connectivity index (χ0n) is 13.5. The first-order valence-electron chi connectivity index (χ1n) is 7.55. The number of benzene rings is 2. The molecule has 0 spiro atoms. The zero-order chi connectivity index (χ0) is 17.5. The molecule has 4 nitrogen and oxygen atoms in total. The molecule has 0 radical (unpaired) electrons. The van der Waals surface area contributed by atoms with Gasteiger partial charge >= 0.3 is 5.97 Å². The first kappa shape index (κ1) is 18.1. The average Bonchev–Trinajstić information content (AvgIpc) is 2.56. The van der Waals surface area contributed by atoms with Gasteiger partial charge in [0.15, 0.2) is 11.5 Å². The lowest BCUT2D eigenvalue weighted by Crippen LogP contribution is -2.07. The lowest BCUT2D eigenvalue weighted by atomic mass is 10.2. The predicted octanol–water partition coefficient (Wildman–Crippen LogP) is 4.63. The molecule has 128 valence electrons. The molecule has 6 heteroatoms. The third-order valence-corrected chi connectivity index (χ3v) is 3.40. The summed E-state index contributed by atoms with van der Waals surface area (Å²) in [5, 5.41) is 0.242. The van der Waals surface area contributed by atoms with Gasteiger partial charge in [0.2, 0.25) is 0 Å². The molecule has 0 atom stereocenters. The highest BCUT2D eigenvalue weighted by atomic mass is 35.5. The van der Waals surface area contributed by atoms with Crippen LogP contribution in [0.2, 0.25) is 5.02 Å². The molecule has 0 amide bonds. The molecule has 0 heterocycles. The van der Waals surface area contributed by atoms with Crippen LogP contribution in [-0.4, -0.2) is 19.2 Å². The number of esters is 1. The first-order chi connectivity index (χ1) is 11.5. The Bertz CT molecular complexity index is 701. The molecule has 24 heavy (non-hydrogen) atoms. The van der Waals surface area contributed by atoms with Crippen LogP contribution in [0.5, 0.6) is 11.5 Å². The second kappa shape index (κ2) is 8.55. The first-order valence-corrected chi connectivity index (χ1v) is 7.93. The monoisotopic (exact) mass is 352 g/mol. The highest BCUT2D eigenvalue weighted by Crippen LogP contribution is 2.37. The van der Waals surface area contributed by atoms with Crippen molar-refractivity contribution >= 4 is 17.6 Å². The minimum absolute atomic E-state index is 0.193. The van der Waals surface area contributed by atoms with Crippen molar-refractivity contribution in [3.63, 3.8) is 0 Å². The molecule has 0 aliphatic heterocycles. The van der Waals surface area contributed by atoms with Crippen molar-refractivity contribution in [2.24, 2.45) is 0 Å². The Kier molecular flexibility index (Phi) is 6.44. The van der Waals surface area contributed by atoms with Crippen LogP contribution in [0.3, 0.4) is 0 Å². The molecule has 0 aromatic heterocycles. The molecular weight excluding hydrogens is 335 g/mol. The molecule has 2 aromatic carbocycles. The van der Waals surface area contributed by atoms with E-state index in [1.807, 2.05) is 6.92 Å². The van der Waals surface area contributed by atoms with Crippen LogP contribution in [0.15, 0.2) is 36.4 Å². The number of carbonyl (C=O) groups is 1. The van der Waals surface area contributed by atoms with Gasteiger partial charge in [-0.1, -0.05) is 23.7 Å². The summed E-state index contributed by atoms with van der Waals surface area (Å²) in [6, 6.07) is 8.96. The maximum Gasteiger partial charge on any atom is 0.338 e. The van der Waals surface area contributed by atoms with E-state index in [1.54, 1.807) is 19.1 Å². The third kappa shape index (κ3) is 4.61. The van der Waals surface area contributed by atoms with E-state index in [9.17, 15) is 9.18 Å². The molecule has 0 saturated carbocycles. The van der Waals surface area contributed by atoms with Gasteiger partial charge in [0.05, 0.1) is 23.8 Å². The Balaban J connectivity index is 2.24. The Labute approximate surface area is 145 Å². The lowest BCUT2D eigenvalue weighted by Gasteiger charge is -2.15. The molecule has 0 saturated heterocycles. The molecule has 0 unspecified atom stereocenters. The standard InChI is InChI=1S/C18H18ClFO4/c1-3-22-16-10-13(18(21)23-4-2)9-15(19)17(16)24-11-12-5-7-14(20)8-6-12/h5-10H,3-4,11H2,1-2H3. The number of hydrogen-bond acceptors (Lipinski definition) is 4. The van der Waals surface area contributed by atoms with Crippen LogP contribution in [0.1, 0.15) is 29.8 Å². The van der Waals surface area contributed by atoms with Crippen molar-refractivity contribution in [2.75, 3.05) is 13.2 Å². The van der Waals surface area contributed by atoms with Gasteiger partial charge in [-0.05, 0) is 43.7 Å². The van der Waals surface area contributed by atoms with Crippen LogP contribution in [-0.2, 0) is 11.3 Å². The normalized spacial score (nSPS) is 10.3. The van der Waals surface area contributed by atoms with Crippen LogP contribution >= 0.6 is 11.6 Å². The van der Waals surface area contributed by atoms with Gasteiger partial charge in [-0.3, -0.25) is 0 Å². The second-order valence-corrected chi connectivity index (χ2v) is 5.26.